The minimum Gasteiger partial charge on any atom is -0.256 e. The molecular weight excluding hydrogens is 271 g/mol. The van der Waals surface area contributed by atoms with Crippen LogP contribution in [0, 0.1) is 12.4 Å². The largest absolute Gasteiger partial charge is 0.256 e. The zero-order valence-electron chi connectivity index (χ0n) is 8.11. The Hall–Kier alpha value is -1.73. The summed E-state index contributed by atoms with van der Waals surface area (Å²) in [5, 5.41) is 0. The van der Waals surface area contributed by atoms with Crippen molar-refractivity contribution in [2.24, 2.45) is 0 Å². The summed E-state index contributed by atoms with van der Waals surface area (Å²) < 4.78 is 14.4. The topological polar surface area (TPSA) is 17.2 Å². The fourth-order valence-corrected chi connectivity index (χ4v) is 1.76. The van der Waals surface area contributed by atoms with Crippen molar-refractivity contribution >= 4 is 21.6 Å². The van der Waals surface area contributed by atoms with E-state index in [0.717, 1.165) is 0 Å². The SMILES string of the molecule is [C-]#[N+]c1c(Br)ccc(-c2ccccn2)c1F. The molecule has 0 saturated carbocycles. The van der Waals surface area contributed by atoms with Crippen LogP contribution in [0.2, 0.25) is 0 Å². The first-order chi connectivity index (χ1) is 7.74. The highest BCUT2D eigenvalue weighted by Gasteiger charge is 2.13. The summed E-state index contributed by atoms with van der Waals surface area (Å²) in [6.07, 6.45) is 1.59. The van der Waals surface area contributed by atoms with Crippen molar-refractivity contribution in [1.82, 2.24) is 4.98 Å². The van der Waals surface area contributed by atoms with Crippen LogP contribution in [0.1, 0.15) is 0 Å². The molecule has 1 aromatic heterocycles. The van der Waals surface area contributed by atoms with Gasteiger partial charge in [-0.2, -0.15) is 0 Å². The maximum Gasteiger partial charge on any atom is 0.236 e. The first-order valence-electron chi connectivity index (χ1n) is 4.51. The maximum atomic E-state index is 13.9. The highest BCUT2D eigenvalue weighted by molar-refractivity contribution is 9.10. The molecule has 0 aliphatic carbocycles. The molecule has 0 N–H and O–H groups in total. The molecule has 0 aliphatic heterocycles. The van der Waals surface area contributed by atoms with E-state index in [-0.39, 0.29) is 5.69 Å². The summed E-state index contributed by atoms with van der Waals surface area (Å²) in [6.45, 7) is 6.92. The van der Waals surface area contributed by atoms with Crippen LogP contribution in [0.25, 0.3) is 16.1 Å². The van der Waals surface area contributed by atoms with Crippen LogP contribution in [0.5, 0.6) is 0 Å². The number of hydrogen-bond acceptors (Lipinski definition) is 1. The Balaban J connectivity index is 2.65. The van der Waals surface area contributed by atoms with Gasteiger partial charge in [0.05, 0.1) is 12.3 Å². The van der Waals surface area contributed by atoms with Crippen LogP contribution in [0.3, 0.4) is 0 Å². The van der Waals surface area contributed by atoms with Crippen molar-refractivity contribution in [2.75, 3.05) is 0 Å². The molecule has 0 bridgehead atoms. The molecule has 0 radical (unpaired) electrons. The van der Waals surface area contributed by atoms with Gasteiger partial charge in [0.1, 0.15) is 5.82 Å². The molecule has 1 aromatic carbocycles. The second-order valence-corrected chi connectivity index (χ2v) is 3.94. The number of pyridine rings is 1. The summed E-state index contributed by atoms with van der Waals surface area (Å²) >= 11 is 3.14. The van der Waals surface area contributed by atoms with E-state index in [1.54, 1.807) is 36.5 Å². The normalized spacial score (nSPS) is 9.81. The van der Waals surface area contributed by atoms with Crippen molar-refractivity contribution in [2.45, 2.75) is 0 Å². The lowest BCUT2D eigenvalue weighted by Crippen LogP contribution is -1.87. The first kappa shape index (κ1) is 10.8. The third-order valence-corrected chi connectivity index (χ3v) is 2.76. The molecule has 0 atom stereocenters. The van der Waals surface area contributed by atoms with Gasteiger partial charge < -0.3 is 0 Å². The van der Waals surface area contributed by atoms with Crippen LogP contribution >= 0.6 is 15.9 Å². The van der Waals surface area contributed by atoms with Crippen LogP contribution in [-0.2, 0) is 0 Å². The maximum absolute atomic E-state index is 13.9. The number of nitrogens with zero attached hydrogens (tertiary/aromatic N) is 2. The molecule has 0 saturated heterocycles. The van der Waals surface area contributed by atoms with Crippen LogP contribution in [-0.4, -0.2) is 4.98 Å². The summed E-state index contributed by atoms with van der Waals surface area (Å²) in [4.78, 5) is 7.21. The van der Waals surface area contributed by atoms with E-state index in [2.05, 4.69) is 25.8 Å². The summed E-state index contributed by atoms with van der Waals surface area (Å²) in [5.74, 6) is -0.539. The minimum absolute atomic E-state index is 0.0110. The molecule has 0 unspecified atom stereocenters. The van der Waals surface area contributed by atoms with E-state index < -0.39 is 5.82 Å². The summed E-state index contributed by atoms with van der Waals surface area (Å²) in [5.41, 5.74) is 0.857. The Bertz CT molecular complexity index is 561. The van der Waals surface area contributed by atoms with Crippen molar-refractivity contribution in [3.05, 3.63) is 58.2 Å². The Morgan fingerprint density at radius 1 is 1.25 bits per heavy atom. The number of aromatic nitrogens is 1. The van der Waals surface area contributed by atoms with Gasteiger partial charge in [-0.15, -0.1) is 0 Å². The van der Waals surface area contributed by atoms with Crippen LogP contribution in [0.15, 0.2) is 41.0 Å². The molecule has 4 heteroatoms. The van der Waals surface area contributed by atoms with Crippen molar-refractivity contribution in [3.63, 3.8) is 0 Å². The van der Waals surface area contributed by atoms with Gasteiger partial charge in [0.25, 0.3) is 0 Å². The third kappa shape index (κ3) is 1.82. The lowest BCUT2D eigenvalue weighted by molar-refractivity contribution is 0.636. The number of halogens is 2. The molecule has 0 aliphatic rings. The molecule has 2 aromatic rings. The second-order valence-electron chi connectivity index (χ2n) is 3.08. The molecule has 0 amide bonds. The minimum atomic E-state index is -0.539. The van der Waals surface area contributed by atoms with Crippen molar-refractivity contribution in [1.29, 1.82) is 0 Å². The zero-order valence-corrected chi connectivity index (χ0v) is 9.70. The lowest BCUT2D eigenvalue weighted by atomic mass is 10.1. The third-order valence-electron chi connectivity index (χ3n) is 2.12. The van der Waals surface area contributed by atoms with E-state index in [1.165, 1.54) is 0 Å². The van der Waals surface area contributed by atoms with Gasteiger partial charge in [0, 0.05) is 16.2 Å². The molecule has 0 fully saturated rings. The Morgan fingerprint density at radius 2 is 2.06 bits per heavy atom. The number of benzene rings is 1. The molecule has 16 heavy (non-hydrogen) atoms. The van der Waals surface area contributed by atoms with Crippen molar-refractivity contribution < 1.29 is 4.39 Å². The number of hydrogen-bond donors (Lipinski definition) is 0. The van der Waals surface area contributed by atoms with E-state index in [9.17, 15) is 4.39 Å². The fraction of sp³-hybridized carbons (Fsp3) is 0. The van der Waals surface area contributed by atoms with Crippen molar-refractivity contribution in [3.8, 4) is 11.3 Å². The Kier molecular flexibility index (Phi) is 2.97. The summed E-state index contributed by atoms with van der Waals surface area (Å²) in [7, 11) is 0. The number of rotatable bonds is 1. The monoisotopic (exact) mass is 276 g/mol. The van der Waals surface area contributed by atoms with Gasteiger partial charge in [-0.25, -0.2) is 9.24 Å². The van der Waals surface area contributed by atoms with Gasteiger partial charge in [0.2, 0.25) is 5.69 Å². The van der Waals surface area contributed by atoms with E-state index in [1.807, 2.05) is 0 Å². The Morgan fingerprint density at radius 3 is 2.69 bits per heavy atom. The molecule has 1 heterocycles. The van der Waals surface area contributed by atoms with Gasteiger partial charge in [-0.3, -0.25) is 4.98 Å². The van der Waals surface area contributed by atoms with E-state index in [0.29, 0.717) is 15.7 Å². The predicted molar refractivity (Wildman–Crippen MR) is 63.6 cm³/mol. The summed E-state index contributed by atoms with van der Waals surface area (Å²) in [6, 6.07) is 8.51. The standard InChI is InChI=1S/C12H6BrFN2/c1-15-12-9(13)6-5-8(11(12)14)10-4-2-3-7-16-10/h2-7H. The van der Waals surface area contributed by atoms with Gasteiger partial charge >= 0.3 is 0 Å². The highest BCUT2D eigenvalue weighted by atomic mass is 79.9. The molecule has 2 rings (SSSR count). The van der Waals surface area contributed by atoms with Crippen LogP contribution in [0.4, 0.5) is 10.1 Å². The Labute approximate surface area is 101 Å². The quantitative estimate of drug-likeness (QED) is 0.714. The highest BCUT2D eigenvalue weighted by Crippen LogP contribution is 2.34. The van der Waals surface area contributed by atoms with Gasteiger partial charge in [-0.05, 0) is 12.1 Å². The molecule has 78 valence electrons. The molecule has 2 nitrogen and oxygen atoms in total. The zero-order chi connectivity index (χ0) is 11.5. The fourth-order valence-electron chi connectivity index (χ4n) is 1.36. The van der Waals surface area contributed by atoms with E-state index in [4.69, 9.17) is 6.57 Å². The van der Waals surface area contributed by atoms with Crippen LogP contribution < -0.4 is 0 Å². The second kappa shape index (κ2) is 4.42. The lowest BCUT2D eigenvalue weighted by Gasteiger charge is -2.05. The smallest absolute Gasteiger partial charge is 0.236 e. The molecular formula is C12H6BrFN2. The average Bonchev–Trinajstić information content (AvgIpc) is 2.31. The van der Waals surface area contributed by atoms with Gasteiger partial charge in [0.15, 0.2) is 0 Å². The first-order valence-corrected chi connectivity index (χ1v) is 5.30. The van der Waals surface area contributed by atoms with E-state index >= 15 is 0 Å². The average molecular weight is 277 g/mol. The van der Waals surface area contributed by atoms with Gasteiger partial charge in [-0.1, -0.05) is 34.1 Å². The molecule has 0 spiro atoms. The predicted octanol–water partition coefficient (Wildman–Crippen LogP) is 4.20.